The molecule has 3 N–H and O–H groups in total. The Morgan fingerprint density at radius 3 is 3.00 bits per heavy atom. The molecule has 5 heteroatoms. The van der Waals surface area contributed by atoms with Crippen molar-refractivity contribution in [2.45, 2.75) is 32.3 Å². The Labute approximate surface area is 103 Å². The van der Waals surface area contributed by atoms with Crippen LogP contribution < -0.4 is 5.73 Å². The van der Waals surface area contributed by atoms with Gasteiger partial charge in [0.1, 0.15) is 0 Å². The first-order chi connectivity index (χ1) is 8.21. The lowest BCUT2D eigenvalue weighted by Crippen LogP contribution is -2.43. The molecule has 2 unspecified atom stereocenters. The van der Waals surface area contributed by atoms with Crippen molar-refractivity contribution in [1.82, 2.24) is 4.90 Å². The second-order valence-corrected chi connectivity index (χ2v) is 4.55. The maximum atomic E-state index is 12.0. The van der Waals surface area contributed by atoms with Gasteiger partial charge in [-0.25, -0.2) is 0 Å². The van der Waals surface area contributed by atoms with E-state index in [2.05, 4.69) is 0 Å². The molecule has 1 amide bonds. The van der Waals surface area contributed by atoms with Crippen molar-refractivity contribution in [3.63, 3.8) is 0 Å². The van der Waals surface area contributed by atoms with Crippen LogP contribution in [0.4, 0.5) is 0 Å². The number of nitrogens with zero attached hydrogens (tertiary/aromatic N) is 1. The number of aliphatic hydroxyl groups is 1. The molecule has 1 fully saturated rings. The summed E-state index contributed by atoms with van der Waals surface area (Å²) in [5, 5.41) is 9.12. The summed E-state index contributed by atoms with van der Waals surface area (Å²) in [6.07, 6.45) is 2.15. The lowest BCUT2D eigenvalue weighted by molar-refractivity contribution is -0.136. The number of likely N-dealkylation sites (tertiary alicyclic amines) is 1. The zero-order valence-electron chi connectivity index (χ0n) is 10.6. The van der Waals surface area contributed by atoms with Crippen molar-refractivity contribution in [3.05, 3.63) is 0 Å². The van der Waals surface area contributed by atoms with Gasteiger partial charge < -0.3 is 20.5 Å². The predicted molar refractivity (Wildman–Crippen MR) is 65.5 cm³/mol. The smallest absolute Gasteiger partial charge is 0.225 e. The average Bonchev–Trinajstić information content (AvgIpc) is 2.38. The number of nitrogens with two attached hydrogens (primary N) is 1. The standard InChI is InChI=1S/C12H24N2O3/c1-2-17-11(7-13)6-12(16)14-5-3-4-10(8-14)9-15/h10-11,15H,2-9,13H2,1H3. The fourth-order valence-electron chi connectivity index (χ4n) is 2.21. The highest BCUT2D eigenvalue weighted by atomic mass is 16.5. The number of piperidine rings is 1. The van der Waals surface area contributed by atoms with E-state index in [1.165, 1.54) is 0 Å². The zero-order chi connectivity index (χ0) is 12.7. The van der Waals surface area contributed by atoms with Gasteiger partial charge in [0.15, 0.2) is 0 Å². The van der Waals surface area contributed by atoms with Gasteiger partial charge in [-0.3, -0.25) is 4.79 Å². The van der Waals surface area contributed by atoms with Gasteiger partial charge in [-0.1, -0.05) is 0 Å². The van der Waals surface area contributed by atoms with Crippen LogP contribution in [0.15, 0.2) is 0 Å². The Morgan fingerprint density at radius 2 is 2.41 bits per heavy atom. The van der Waals surface area contributed by atoms with Crippen molar-refractivity contribution in [3.8, 4) is 0 Å². The van der Waals surface area contributed by atoms with E-state index in [0.717, 1.165) is 19.4 Å². The van der Waals surface area contributed by atoms with Crippen molar-refractivity contribution < 1.29 is 14.6 Å². The van der Waals surface area contributed by atoms with Crippen LogP contribution >= 0.6 is 0 Å². The second kappa shape index (κ2) is 7.63. The van der Waals surface area contributed by atoms with Gasteiger partial charge in [-0.2, -0.15) is 0 Å². The molecular weight excluding hydrogens is 220 g/mol. The fourth-order valence-corrected chi connectivity index (χ4v) is 2.21. The van der Waals surface area contributed by atoms with Crippen LogP contribution in [0.5, 0.6) is 0 Å². The molecule has 2 atom stereocenters. The normalized spacial score (nSPS) is 22.5. The minimum atomic E-state index is -0.179. The molecule has 0 spiro atoms. The first kappa shape index (κ1) is 14.4. The van der Waals surface area contributed by atoms with Gasteiger partial charge in [0.2, 0.25) is 5.91 Å². The van der Waals surface area contributed by atoms with Crippen LogP contribution in [-0.4, -0.2) is 54.9 Å². The first-order valence-electron chi connectivity index (χ1n) is 6.41. The monoisotopic (exact) mass is 244 g/mol. The number of hydrogen-bond donors (Lipinski definition) is 2. The van der Waals surface area contributed by atoms with Crippen LogP contribution in [0.2, 0.25) is 0 Å². The summed E-state index contributed by atoms with van der Waals surface area (Å²) in [4.78, 5) is 13.8. The highest BCUT2D eigenvalue weighted by Crippen LogP contribution is 2.17. The van der Waals surface area contributed by atoms with Crippen molar-refractivity contribution >= 4 is 5.91 Å². The number of carbonyl (C=O) groups is 1. The van der Waals surface area contributed by atoms with Crippen molar-refractivity contribution in [2.75, 3.05) is 32.8 Å². The summed E-state index contributed by atoms with van der Waals surface area (Å²) in [7, 11) is 0. The molecule has 0 aromatic rings. The van der Waals surface area contributed by atoms with Gasteiger partial charge in [0, 0.05) is 32.8 Å². The molecule has 0 aromatic heterocycles. The quantitative estimate of drug-likeness (QED) is 0.688. The number of hydrogen-bond acceptors (Lipinski definition) is 4. The fraction of sp³-hybridized carbons (Fsp3) is 0.917. The van der Waals surface area contributed by atoms with Crippen LogP contribution in [0, 0.1) is 5.92 Å². The Balaban J connectivity index is 2.40. The highest BCUT2D eigenvalue weighted by molar-refractivity contribution is 5.76. The molecule has 0 bridgehead atoms. The van der Waals surface area contributed by atoms with E-state index >= 15 is 0 Å². The number of amides is 1. The van der Waals surface area contributed by atoms with E-state index in [9.17, 15) is 4.79 Å². The van der Waals surface area contributed by atoms with Gasteiger partial charge in [0.25, 0.3) is 0 Å². The molecule has 1 aliphatic rings. The number of ether oxygens (including phenoxy) is 1. The minimum absolute atomic E-state index is 0.0899. The van der Waals surface area contributed by atoms with Crippen molar-refractivity contribution in [1.29, 1.82) is 0 Å². The molecule has 100 valence electrons. The van der Waals surface area contributed by atoms with E-state index in [1.54, 1.807) is 0 Å². The van der Waals surface area contributed by atoms with Crippen LogP contribution in [0.3, 0.4) is 0 Å². The Hall–Kier alpha value is -0.650. The molecular formula is C12H24N2O3. The molecule has 1 rings (SSSR count). The summed E-state index contributed by atoms with van der Waals surface area (Å²) in [5.74, 6) is 0.322. The molecule has 5 nitrogen and oxygen atoms in total. The summed E-state index contributed by atoms with van der Waals surface area (Å²) < 4.78 is 5.38. The maximum Gasteiger partial charge on any atom is 0.225 e. The molecule has 1 saturated heterocycles. The summed E-state index contributed by atoms with van der Waals surface area (Å²) in [6.45, 7) is 4.47. The Kier molecular flexibility index (Phi) is 6.47. The first-order valence-corrected chi connectivity index (χ1v) is 6.41. The SMILES string of the molecule is CCOC(CN)CC(=O)N1CCCC(CO)C1. The summed E-state index contributed by atoms with van der Waals surface area (Å²) in [5.41, 5.74) is 5.55. The Morgan fingerprint density at radius 1 is 1.65 bits per heavy atom. The molecule has 1 heterocycles. The van der Waals surface area contributed by atoms with E-state index in [4.69, 9.17) is 15.6 Å². The number of aliphatic hydroxyl groups excluding tert-OH is 1. The van der Waals surface area contributed by atoms with Crippen LogP contribution in [0.1, 0.15) is 26.2 Å². The largest absolute Gasteiger partial charge is 0.396 e. The van der Waals surface area contributed by atoms with E-state index in [1.807, 2.05) is 11.8 Å². The van der Waals surface area contributed by atoms with Crippen LogP contribution in [0.25, 0.3) is 0 Å². The third-order valence-electron chi connectivity index (χ3n) is 3.20. The highest BCUT2D eigenvalue weighted by Gasteiger charge is 2.24. The van der Waals surface area contributed by atoms with Gasteiger partial charge in [0.05, 0.1) is 12.5 Å². The molecule has 0 saturated carbocycles. The number of carbonyl (C=O) groups excluding carboxylic acids is 1. The second-order valence-electron chi connectivity index (χ2n) is 4.55. The minimum Gasteiger partial charge on any atom is -0.396 e. The molecule has 0 aliphatic carbocycles. The van der Waals surface area contributed by atoms with E-state index < -0.39 is 0 Å². The average molecular weight is 244 g/mol. The third-order valence-corrected chi connectivity index (χ3v) is 3.20. The van der Waals surface area contributed by atoms with Gasteiger partial charge in [-0.05, 0) is 25.7 Å². The third kappa shape index (κ3) is 4.61. The molecule has 0 radical (unpaired) electrons. The molecule has 17 heavy (non-hydrogen) atoms. The maximum absolute atomic E-state index is 12.0. The molecule has 1 aliphatic heterocycles. The van der Waals surface area contributed by atoms with Crippen molar-refractivity contribution in [2.24, 2.45) is 11.7 Å². The van der Waals surface area contributed by atoms with Crippen LogP contribution in [-0.2, 0) is 9.53 Å². The summed E-state index contributed by atoms with van der Waals surface area (Å²) in [6, 6.07) is 0. The predicted octanol–water partition coefficient (Wildman–Crippen LogP) is -0.0288. The number of rotatable bonds is 6. The van der Waals surface area contributed by atoms with Gasteiger partial charge in [-0.15, -0.1) is 0 Å². The van der Waals surface area contributed by atoms with E-state index in [0.29, 0.717) is 26.1 Å². The lowest BCUT2D eigenvalue weighted by atomic mass is 9.98. The molecule has 0 aromatic carbocycles. The van der Waals surface area contributed by atoms with E-state index in [-0.39, 0.29) is 24.5 Å². The topological polar surface area (TPSA) is 75.8 Å². The zero-order valence-corrected chi connectivity index (χ0v) is 10.6. The lowest BCUT2D eigenvalue weighted by Gasteiger charge is -2.32. The summed E-state index contributed by atoms with van der Waals surface area (Å²) >= 11 is 0. The van der Waals surface area contributed by atoms with Gasteiger partial charge >= 0.3 is 0 Å². The Bertz CT molecular complexity index is 236.